The number of aromatic nitrogens is 3. The Hall–Kier alpha value is -2.44. The molecule has 1 amide bonds. The molecule has 41 heavy (non-hydrogen) atoms. The number of nitrogens with zero attached hydrogens (tertiary/aromatic N) is 4. The minimum Gasteiger partial charge on any atom is -0.444 e. The highest BCUT2D eigenvalue weighted by Crippen LogP contribution is 2.59. The van der Waals surface area contributed by atoms with Gasteiger partial charge in [0, 0.05) is 12.7 Å². The van der Waals surface area contributed by atoms with E-state index in [9.17, 15) is 23.1 Å². The number of amides is 1. The zero-order valence-corrected chi connectivity index (χ0v) is 25.2. The topological polar surface area (TPSA) is 98.9 Å². The molecule has 3 heterocycles. The Balaban J connectivity index is 1.46. The number of carbonyl (C=O) groups is 1. The van der Waals surface area contributed by atoms with Gasteiger partial charge in [-0.1, -0.05) is 0 Å². The fraction of sp³-hybridized carbons (Fsp3) is 0.759. The first-order valence-corrected chi connectivity index (χ1v) is 14.3. The maximum atomic E-state index is 13.7. The highest BCUT2D eigenvalue weighted by molar-refractivity contribution is 5.74. The van der Waals surface area contributed by atoms with Crippen LogP contribution in [0.25, 0.3) is 11.2 Å². The van der Waals surface area contributed by atoms with E-state index in [0.29, 0.717) is 36.1 Å². The second-order valence-corrected chi connectivity index (χ2v) is 13.0. The molecule has 4 rings (SSSR count). The number of halogens is 3. The van der Waals surface area contributed by atoms with E-state index in [0.717, 1.165) is 0 Å². The zero-order chi connectivity index (χ0) is 30.5. The predicted molar refractivity (Wildman–Crippen MR) is 146 cm³/mol. The van der Waals surface area contributed by atoms with E-state index in [2.05, 4.69) is 9.97 Å². The number of ether oxygens (including phenoxy) is 3. The SMILES string of the molecule is CC(C)O[C@H](CCCC(O)c1cnc2cc(C3(C(F)(F)F)CC3)n(C)c2n1)[C@@H]1COC(C)(C)N1C(=O)OC(C)(C)C. The first-order chi connectivity index (χ1) is 18.9. The van der Waals surface area contributed by atoms with Gasteiger partial charge in [0.1, 0.15) is 22.3 Å². The minimum absolute atomic E-state index is 0.0460. The van der Waals surface area contributed by atoms with Crippen LogP contribution in [-0.2, 0) is 26.7 Å². The van der Waals surface area contributed by atoms with Gasteiger partial charge in [-0.25, -0.2) is 9.78 Å². The number of hydrogen-bond donors (Lipinski definition) is 1. The summed E-state index contributed by atoms with van der Waals surface area (Å²) in [6.45, 7) is 13.2. The maximum absolute atomic E-state index is 13.7. The second-order valence-electron chi connectivity index (χ2n) is 13.0. The van der Waals surface area contributed by atoms with Gasteiger partial charge in [-0.2, -0.15) is 13.2 Å². The van der Waals surface area contributed by atoms with Crippen LogP contribution in [0.4, 0.5) is 18.0 Å². The molecule has 0 aromatic carbocycles. The van der Waals surface area contributed by atoms with E-state index >= 15 is 0 Å². The number of aryl methyl sites for hydroxylation is 1. The summed E-state index contributed by atoms with van der Waals surface area (Å²) in [5, 5.41) is 10.9. The van der Waals surface area contributed by atoms with Crippen molar-refractivity contribution in [2.45, 2.75) is 128 Å². The lowest BCUT2D eigenvalue weighted by molar-refractivity contribution is -0.162. The van der Waals surface area contributed by atoms with Gasteiger partial charge in [0.25, 0.3) is 0 Å². The summed E-state index contributed by atoms with van der Waals surface area (Å²) in [7, 11) is 1.56. The zero-order valence-electron chi connectivity index (χ0n) is 25.2. The van der Waals surface area contributed by atoms with E-state index in [1.165, 1.54) is 16.8 Å². The Morgan fingerprint density at radius 2 is 1.88 bits per heavy atom. The number of aliphatic hydroxyl groups excluding tert-OH is 1. The van der Waals surface area contributed by atoms with Gasteiger partial charge in [0.2, 0.25) is 0 Å². The molecule has 1 saturated heterocycles. The van der Waals surface area contributed by atoms with Crippen LogP contribution in [0.15, 0.2) is 12.3 Å². The Kier molecular flexibility index (Phi) is 8.45. The molecule has 3 atom stereocenters. The molecule has 0 spiro atoms. The first-order valence-electron chi connectivity index (χ1n) is 14.3. The van der Waals surface area contributed by atoms with Gasteiger partial charge in [0.05, 0.1) is 42.9 Å². The van der Waals surface area contributed by atoms with Crippen LogP contribution >= 0.6 is 0 Å². The van der Waals surface area contributed by atoms with Gasteiger partial charge >= 0.3 is 12.3 Å². The minimum atomic E-state index is -4.34. The highest BCUT2D eigenvalue weighted by Gasteiger charge is 2.65. The second kappa shape index (κ2) is 11.0. The standard InChI is InChI=1S/C29H43F3N4O5/c1-17(2)40-22(20-16-39-27(6,7)36(20)25(38)41-26(3,4)5)11-9-10-21(37)19-15-33-18-14-23(35(8)24(18)34-19)28(12-13-28)29(30,31)32/h14-15,17,20-22,37H,9-13,16H2,1-8H3/t20-,21?,22+/m0/s1. The number of hydrogen-bond acceptors (Lipinski definition) is 7. The molecular formula is C29H43F3N4O5. The van der Waals surface area contributed by atoms with Gasteiger partial charge in [-0.3, -0.25) is 9.88 Å². The third kappa shape index (κ3) is 6.49. The van der Waals surface area contributed by atoms with E-state index in [1.54, 1.807) is 11.9 Å². The van der Waals surface area contributed by atoms with E-state index in [-0.39, 0.29) is 43.4 Å². The lowest BCUT2D eigenvalue weighted by Gasteiger charge is -2.38. The van der Waals surface area contributed by atoms with Crippen LogP contribution in [0.5, 0.6) is 0 Å². The Labute approximate surface area is 239 Å². The average molecular weight is 585 g/mol. The van der Waals surface area contributed by atoms with Gasteiger partial charge in [-0.15, -0.1) is 0 Å². The largest absolute Gasteiger partial charge is 0.444 e. The Bertz CT molecular complexity index is 1250. The van der Waals surface area contributed by atoms with Crippen molar-refractivity contribution in [3.8, 4) is 0 Å². The first kappa shape index (κ1) is 31.5. The van der Waals surface area contributed by atoms with Crippen molar-refractivity contribution >= 4 is 17.3 Å². The molecular weight excluding hydrogens is 541 g/mol. The van der Waals surface area contributed by atoms with Crippen molar-refractivity contribution in [2.75, 3.05) is 6.61 Å². The number of aliphatic hydroxyl groups is 1. The summed E-state index contributed by atoms with van der Waals surface area (Å²) in [6, 6.07) is 1.06. The molecule has 230 valence electrons. The smallest absolute Gasteiger partial charge is 0.412 e. The normalized spacial score (nSPS) is 21.9. The van der Waals surface area contributed by atoms with Crippen molar-refractivity contribution in [1.82, 2.24) is 19.4 Å². The molecule has 1 N–H and O–H groups in total. The van der Waals surface area contributed by atoms with E-state index < -0.39 is 35.1 Å². The molecule has 1 unspecified atom stereocenters. The van der Waals surface area contributed by atoms with Crippen molar-refractivity contribution in [3.63, 3.8) is 0 Å². The molecule has 2 aromatic heterocycles. The molecule has 12 heteroatoms. The molecule has 1 aliphatic carbocycles. The van der Waals surface area contributed by atoms with Crippen molar-refractivity contribution < 1.29 is 37.3 Å². The molecule has 1 aliphatic heterocycles. The number of rotatable bonds is 9. The van der Waals surface area contributed by atoms with Gasteiger partial charge < -0.3 is 23.9 Å². The van der Waals surface area contributed by atoms with E-state index in [4.69, 9.17) is 14.2 Å². The summed E-state index contributed by atoms with van der Waals surface area (Å²) >= 11 is 0. The number of carbonyl (C=O) groups excluding carboxylic acids is 1. The molecule has 0 bridgehead atoms. The van der Waals surface area contributed by atoms with Crippen LogP contribution in [0.2, 0.25) is 0 Å². The number of fused-ring (bicyclic) bond motifs is 1. The van der Waals surface area contributed by atoms with Crippen molar-refractivity contribution in [1.29, 1.82) is 0 Å². The van der Waals surface area contributed by atoms with Crippen molar-refractivity contribution in [3.05, 3.63) is 23.7 Å². The Morgan fingerprint density at radius 1 is 1.22 bits per heavy atom. The summed E-state index contributed by atoms with van der Waals surface area (Å²) in [5.74, 6) is 0. The van der Waals surface area contributed by atoms with Crippen LogP contribution in [-0.4, -0.2) is 73.0 Å². The summed E-state index contributed by atoms with van der Waals surface area (Å²) in [4.78, 5) is 23.6. The van der Waals surface area contributed by atoms with Crippen LogP contribution in [0, 0.1) is 0 Å². The molecule has 9 nitrogen and oxygen atoms in total. The third-order valence-electron chi connectivity index (χ3n) is 7.83. The lowest BCUT2D eigenvalue weighted by Crippen LogP contribution is -2.54. The molecule has 2 fully saturated rings. The van der Waals surface area contributed by atoms with E-state index in [1.807, 2.05) is 48.5 Å². The maximum Gasteiger partial charge on any atom is 0.412 e. The average Bonchev–Trinajstić information content (AvgIpc) is 3.50. The monoisotopic (exact) mass is 584 g/mol. The molecule has 2 aromatic rings. The molecule has 1 saturated carbocycles. The summed E-state index contributed by atoms with van der Waals surface area (Å²) in [5.41, 5.74) is -2.28. The fourth-order valence-electron chi connectivity index (χ4n) is 5.65. The Morgan fingerprint density at radius 3 is 2.44 bits per heavy atom. The van der Waals surface area contributed by atoms with Crippen LogP contribution < -0.4 is 0 Å². The van der Waals surface area contributed by atoms with Crippen LogP contribution in [0.1, 0.15) is 98.1 Å². The lowest BCUT2D eigenvalue weighted by atomic mass is 10.0. The predicted octanol–water partition coefficient (Wildman–Crippen LogP) is 5.93. The highest BCUT2D eigenvalue weighted by atomic mass is 19.4. The van der Waals surface area contributed by atoms with Gasteiger partial charge in [-0.05, 0) is 86.6 Å². The quantitative estimate of drug-likeness (QED) is 0.390. The summed E-state index contributed by atoms with van der Waals surface area (Å²) in [6.07, 6.45) is -3.39. The number of alkyl halides is 3. The summed E-state index contributed by atoms with van der Waals surface area (Å²) < 4.78 is 60.5. The van der Waals surface area contributed by atoms with Gasteiger partial charge in [0.15, 0.2) is 5.65 Å². The molecule has 0 radical (unpaired) electrons. The molecule has 2 aliphatic rings. The van der Waals surface area contributed by atoms with Crippen molar-refractivity contribution in [2.24, 2.45) is 7.05 Å². The van der Waals surface area contributed by atoms with Crippen LogP contribution in [0.3, 0.4) is 0 Å². The fourth-order valence-corrected chi connectivity index (χ4v) is 5.65. The third-order valence-corrected chi connectivity index (χ3v) is 7.83.